The Balaban J connectivity index is 3.52. The number of carbonyl (C=O) groups is 1. The van der Waals surface area contributed by atoms with E-state index in [4.69, 9.17) is 4.74 Å². The van der Waals surface area contributed by atoms with E-state index in [1.165, 1.54) is 38.5 Å². The van der Waals surface area contributed by atoms with Crippen molar-refractivity contribution in [2.24, 2.45) is 0 Å². The predicted octanol–water partition coefficient (Wildman–Crippen LogP) is 4.64. The molecule has 0 aliphatic carbocycles. The monoisotopic (exact) mass is 240 g/mol. The van der Waals surface area contributed by atoms with E-state index < -0.39 is 0 Å². The normalized spacial score (nSPS) is 11.6. The Morgan fingerprint density at radius 2 is 1.65 bits per heavy atom. The summed E-state index contributed by atoms with van der Waals surface area (Å²) < 4.78 is 5.01. The highest BCUT2D eigenvalue weighted by Gasteiger charge is 1.99. The number of esters is 1. The van der Waals surface area contributed by atoms with Crippen LogP contribution in [0.5, 0.6) is 0 Å². The molecule has 0 atom stereocenters. The lowest BCUT2D eigenvalue weighted by Crippen LogP contribution is -2.02. The van der Waals surface area contributed by atoms with E-state index in [1.54, 1.807) is 6.08 Å². The molecule has 0 aromatic rings. The van der Waals surface area contributed by atoms with E-state index in [9.17, 15) is 4.79 Å². The maximum atomic E-state index is 11.3. The molecule has 0 radical (unpaired) electrons. The summed E-state index contributed by atoms with van der Waals surface area (Å²) in [6, 6.07) is 0. The van der Waals surface area contributed by atoms with Crippen molar-refractivity contribution in [3.63, 3.8) is 0 Å². The standard InChI is InChI=1S/C15H28O2/c1-4-6-7-8-9-10-11-14(3)13-15(16)17-12-5-2/h13H,4-12H2,1-3H3. The number of rotatable bonds is 10. The molecule has 2 nitrogen and oxygen atoms in total. The first-order valence-electron chi connectivity index (χ1n) is 7.04. The minimum absolute atomic E-state index is 0.185. The molecule has 0 bridgehead atoms. The van der Waals surface area contributed by atoms with E-state index in [-0.39, 0.29) is 5.97 Å². The number of hydrogen-bond donors (Lipinski definition) is 0. The smallest absolute Gasteiger partial charge is 0.330 e. The molecule has 0 aliphatic heterocycles. The van der Waals surface area contributed by atoms with Crippen LogP contribution in [0.4, 0.5) is 0 Å². The Labute approximate surface area is 106 Å². The third-order valence-electron chi connectivity index (χ3n) is 2.74. The average Bonchev–Trinajstić information content (AvgIpc) is 2.31. The molecule has 0 rings (SSSR count). The number of unbranched alkanes of at least 4 members (excludes halogenated alkanes) is 5. The van der Waals surface area contributed by atoms with Gasteiger partial charge in [-0.3, -0.25) is 0 Å². The second-order valence-corrected chi connectivity index (χ2v) is 4.68. The van der Waals surface area contributed by atoms with Gasteiger partial charge in [0.15, 0.2) is 0 Å². The van der Waals surface area contributed by atoms with Gasteiger partial charge in [-0.25, -0.2) is 4.79 Å². The molecular formula is C15H28O2. The minimum Gasteiger partial charge on any atom is -0.463 e. The highest BCUT2D eigenvalue weighted by Crippen LogP contribution is 2.11. The van der Waals surface area contributed by atoms with Crippen LogP contribution < -0.4 is 0 Å². The lowest BCUT2D eigenvalue weighted by molar-refractivity contribution is -0.137. The van der Waals surface area contributed by atoms with Gasteiger partial charge < -0.3 is 4.74 Å². The van der Waals surface area contributed by atoms with Gasteiger partial charge in [0.1, 0.15) is 0 Å². The second-order valence-electron chi connectivity index (χ2n) is 4.68. The fourth-order valence-electron chi connectivity index (χ4n) is 1.70. The molecule has 0 saturated carbocycles. The first-order valence-corrected chi connectivity index (χ1v) is 7.04. The summed E-state index contributed by atoms with van der Waals surface area (Å²) in [5.74, 6) is -0.185. The lowest BCUT2D eigenvalue weighted by Gasteiger charge is -2.03. The van der Waals surface area contributed by atoms with Crippen LogP contribution in [-0.4, -0.2) is 12.6 Å². The Morgan fingerprint density at radius 1 is 1.00 bits per heavy atom. The number of hydrogen-bond acceptors (Lipinski definition) is 2. The molecule has 0 aliphatic rings. The summed E-state index contributed by atoms with van der Waals surface area (Å²) in [6.07, 6.45) is 11.3. The predicted molar refractivity (Wildman–Crippen MR) is 73.0 cm³/mol. The molecule has 100 valence electrons. The van der Waals surface area contributed by atoms with Crippen molar-refractivity contribution in [2.45, 2.75) is 72.1 Å². The lowest BCUT2D eigenvalue weighted by atomic mass is 10.1. The second kappa shape index (κ2) is 11.7. The Morgan fingerprint density at radius 3 is 2.29 bits per heavy atom. The van der Waals surface area contributed by atoms with Gasteiger partial charge in [-0.1, -0.05) is 51.5 Å². The van der Waals surface area contributed by atoms with Gasteiger partial charge in [0.25, 0.3) is 0 Å². The zero-order valence-corrected chi connectivity index (χ0v) is 11.8. The van der Waals surface area contributed by atoms with E-state index in [2.05, 4.69) is 6.92 Å². The maximum Gasteiger partial charge on any atom is 0.330 e. The van der Waals surface area contributed by atoms with Crippen LogP contribution in [-0.2, 0) is 9.53 Å². The van der Waals surface area contributed by atoms with Gasteiger partial charge in [0.2, 0.25) is 0 Å². The fourth-order valence-corrected chi connectivity index (χ4v) is 1.70. The minimum atomic E-state index is -0.185. The number of ether oxygens (including phenoxy) is 1. The van der Waals surface area contributed by atoms with Gasteiger partial charge in [-0.15, -0.1) is 0 Å². The average molecular weight is 240 g/mol. The molecule has 0 fully saturated rings. The van der Waals surface area contributed by atoms with E-state index in [1.807, 2.05) is 13.8 Å². The molecule has 2 heteroatoms. The topological polar surface area (TPSA) is 26.3 Å². The Bertz CT molecular complexity index is 219. The SMILES string of the molecule is CCCCCCCCC(C)=CC(=O)OCCC. The first kappa shape index (κ1) is 16.2. The molecule has 0 N–H and O–H groups in total. The van der Waals surface area contributed by atoms with Crippen LogP contribution >= 0.6 is 0 Å². The van der Waals surface area contributed by atoms with Crippen LogP contribution in [0.3, 0.4) is 0 Å². The first-order chi connectivity index (χ1) is 8.20. The van der Waals surface area contributed by atoms with E-state index in [0.717, 1.165) is 18.4 Å². The van der Waals surface area contributed by atoms with Crippen molar-refractivity contribution in [1.29, 1.82) is 0 Å². The van der Waals surface area contributed by atoms with Gasteiger partial charge in [-0.2, -0.15) is 0 Å². The molecule has 0 amide bonds. The molecule has 0 aromatic carbocycles. The van der Waals surface area contributed by atoms with E-state index in [0.29, 0.717) is 6.61 Å². The molecule has 17 heavy (non-hydrogen) atoms. The molecular weight excluding hydrogens is 212 g/mol. The molecule has 0 unspecified atom stereocenters. The van der Waals surface area contributed by atoms with Crippen LogP contribution in [0, 0.1) is 0 Å². The fraction of sp³-hybridized carbons (Fsp3) is 0.800. The van der Waals surface area contributed by atoms with Crippen molar-refractivity contribution in [2.75, 3.05) is 6.61 Å². The molecule has 0 heterocycles. The molecule has 0 saturated heterocycles. The highest BCUT2D eigenvalue weighted by molar-refractivity contribution is 5.82. The number of carbonyl (C=O) groups excluding carboxylic acids is 1. The van der Waals surface area contributed by atoms with Crippen molar-refractivity contribution in [3.05, 3.63) is 11.6 Å². The zero-order chi connectivity index (χ0) is 12.9. The Kier molecular flexibility index (Phi) is 11.1. The molecule has 0 aromatic heterocycles. The van der Waals surface area contributed by atoms with Gasteiger partial charge in [0.05, 0.1) is 6.61 Å². The largest absolute Gasteiger partial charge is 0.463 e. The zero-order valence-electron chi connectivity index (χ0n) is 11.8. The third-order valence-corrected chi connectivity index (χ3v) is 2.74. The number of allylic oxidation sites excluding steroid dienone is 1. The summed E-state index contributed by atoms with van der Waals surface area (Å²) in [6.45, 7) is 6.77. The Hall–Kier alpha value is -0.790. The third kappa shape index (κ3) is 11.5. The molecule has 0 spiro atoms. The van der Waals surface area contributed by atoms with Gasteiger partial charge >= 0.3 is 5.97 Å². The summed E-state index contributed by atoms with van der Waals surface area (Å²) in [5.41, 5.74) is 1.14. The summed E-state index contributed by atoms with van der Waals surface area (Å²) >= 11 is 0. The highest BCUT2D eigenvalue weighted by atomic mass is 16.5. The maximum absolute atomic E-state index is 11.3. The van der Waals surface area contributed by atoms with Crippen molar-refractivity contribution in [1.82, 2.24) is 0 Å². The van der Waals surface area contributed by atoms with Crippen molar-refractivity contribution in [3.8, 4) is 0 Å². The van der Waals surface area contributed by atoms with Crippen LogP contribution in [0.2, 0.25) is 0 Å². The van der Waals surface area contributed by atoms with Crippen LogP contribution in [0.15, 0.2) is 11.6 Å². The van der Waals surface area contributed by atoms with Crippen LogP contribution in [0.25, 0.3) is 0 Å². The van der Waals surface area contributed by atoms with E-state index >= 15 is 0 Å². The van der Waals surface area contributed by atoms with Crippen molar-refractivity contribution < 1.29 is 9.53 Å². The van der Waals surface area contributed by atoms with Gasteiger partial charge in [-0.05, 0) is 26.2 Å². The van der Waals surface area contributed by atoms with Gasteiger partial charge in [0, 0.05) is 6.08 Å². The summed E-state index contributed by atoms with van der Waals surface area (Å²) in [5, 5.41) is 0. The van der Waals surface area contributed by atoms with Crippen molar-refractivity contribution >= 4 is 5.97 Å². The summed E-state index contributed by atoms with van der Waals surface area (Å²) in [4.78, 5) is 11.3. The quantitative estimate of drug-likeness (QED) is 0.316. The van der Waals surface area contributed by atoms with Crippen LogP contribution in [0.1, 0.15) is 72.1 Å². The summed E-state index contributed by atoms with van der Waals surface area (Å²) in [7, 11) is 0.